The van der Waals surface area contributed by atoms with Crippen LogP contribution in [0.4, 0.5) is 40.2 Å². The van der Waals surface area contributed by atoms with Crippen LogP contribution in [0, 0.1) is 17.6 Å². The zero-order valence-electron chi connectivity index (χ0n) is 57.8. The number of ketones is 1. The topological polar surface area (TPSA) is 200 Å². The Hall–Kier alpha value is -6.79. The van der Waals surface area contributed by atoms with E-state index >= 15 is 0 Å². The second-order valence-electron chi connectivity index (χ2n) is 29.7. The van der Waals surface area contributed by atoms with Crippen molar-refractivity contribution in [3.63, 3.8) is 0 Å². The van der Waals surface area contributed by atoms with Gasteiger partial charge in [0.2, 0.25) is 11.8 Å². The summed E-state index contributed by atoms with van der Waals surface area (Å²) in [5, 5.41) is 10.4. The molecule has 9 heterocycles. The van der Waals surface area contributed by atoms with Crippen molar-refractivity contribution in [3.8, 4) is 0 Å². The van der Waals surface area contributed by atoms with Gasteiger partial charge >= 0.3 is 18.2 Å². The largest absolute Gasteiger partial charge is 0.450 e. The van der Waals surface area contributed by atoms with Crippen LogP contribution in [-0.4, -0.2) is 244 Å². The summed E-state index contributed by atoms with van der Waals surface area (Å²) in [5.41, 5.74) is 4.30. The Morgan fingerprint density at radius 3 is 1.44 bits per heavy atom. The number of ether oxygens (including phenoxy) is 3. The molecule has 3 aromatic rings. The average molecular weight is 1350 g/mol. The van der Waals surface area contributed by atoms with E-state index in [9.17, 15) is 47.4 Å². The van der Waals surface area contributed by atoms with Crippen molar-refractivity contribution in [1.29, 1.82) is 0 Å². The Kier molecular flexibility index (Phi) is 21.4. The van der Waals surface area contributed by atoms with Crippen LogP contribution < -0.4 is 14.7 Å². The van der Waals surface area contributed by atoms with E-state index in [4.69, 9.17) is 14.2 Å². The number of aliphatic hydroxyl groups is 1. The van der Waals surface area contributed by atoms with Gasteiger partial charge in [0.15, 0.2) is 0 Å². The Morgan fingerprint density at radius 1 is 0.546 bits per heavy atom. The molecule has 0 aromatic heterocycles. The molecular formula is C74H102F2N10O11. The van der Waals surface area contributed by atoms with Crippen LogP contribution in [-0.2, 0) is 49.6 Å². The van der Waals surface area contributed by atoms with Gasteiger partial charge in [0.1, 0.15) is 29.6 Å². The van der Waals surface area contributed by atoms with Crippen LogP contribution in [0.25, 0.3) is 0 Å². The lowest BCUT2D eigenvalue weighted by molar-refractivity contribution is -0.136. The molecule has 9 aliphatic heterocycles. The number of para-hydroxylation sites is 1. The molecule has 1 unspecified atom stereocenters. The molecule has 1 atom stereocenters. The Labute approximate surface area is 570 Å². The zero-order chi connectivity index (χ0) is 68.4. The van der Waals surface area contributed by atoms with Gasteiger partial charge in [-0.3, -0.25) is 24.1 Å². The molecule has 23 heteroatoms. The third kappa shape index (κ3) is 14.8. The first-order valence-corrected chi connectivity index (χ1v) is 36.0. The quantitative estimate of drug-likeness (QED) is 0.189. The van der Waals surface area contributed by atoms with Gasteiger partial charge in [-0.1, -0.05) is 18.2 Å². The van der Waals surface area contributed by atoms with Crippen molar-refractivity contribution in [1.82, 2.24) is 34.3 Å². The fourth-order valence-corrected chi connectivity index (χ4v) is 17.9. The monoisotopic (exact) mass is 1340 g/mol. The number of benzene rings is 3. The number of Topliss-reactive ketones (excluding diaryl/α,β-unsaturated/α-hetero) is 1. The van der Waals surface area contributed by atoms with Crippen molar-refractivity contribution in [3.05, 3.63) is 89.0 Å². The molecule has 2 saturated carbocycles. The van der Waals surface area contributed by atoms with E-state index in [0.29, 0.717) is 89.8 Å². The molecular weight excluding hydrogens is 1240 g/mol. The maximum absolute atomic E-state index is 14.2. The highest BCUT2D eigenvalue weighted by Crippen LogP contribution is 2.52. The number of urea groups is 1. The first-order valence-electron chi connectivity index (χ1n) is 36.0. The third-order valence-corrected chi connectivity index (χ3v) is 23.9. The Morgan fingerprint density at radius 2 is 0.990 bits per heavy atom. The smallest absolute Gasteiger partial charge is 0.409 e. The SMILES string of the molecule is CCOC(=O)N1CCC(N2CCC3(CC2)CN(C(=O)C2(O)CC2)c2ccc(F)cc23)CC1.CN(C)C(=O)N1CC2(CCN(C3CCN(C(=O)CC4CCCC4=O)CC3)CC2)c2cc(F)ccc21.COCCOC(=O)N1CCC(N2CCC3(CC2)CN(C(C)=O)c2ccccc23)CC1. The molecule has 3 spiro atoms. The minimum atomic E-state index is -1.23. The number of halogens is 2. The number of fused-ring (bicyclic) bond motifs is 6. The van der Waals surface area contributed by atoms with E-state index in [1.807, 2.05) is 32.6 Å². The average Bonchev–Trinajstić information content (AvgIpc) is 1.58. The maximum Gasteiger partial charge on any atom is 0.409 e. The minimum absolute atomic E-state index is 0.0587. The van der Waals surface area contributed by atoms with Crippen LogP contribution in [0.2, 0.25) is 0 Å². The van der Waals surface area contributed by atoms with E-state index in [1.165, 1.54) is 17.7 Å². The van der Waals surface area contributed by atoms with Crippen molar-refractivity contribution < 1.29 is 61.7 Å². The third-order valence-electron chi connectivity index (χ3n) is 23.9. The highest BCUT2D eigenvalue weighted by Gasteiger charge is 2.56. The molecule has 11 aliphatic rings. The van der Waals surface area contributed by atoms with Gasteiger partial charge in [-0.25, -0.2) is 23.2 Å². The molecule has 6 saturated heterocycles. The lowest BCUT2D eigenvalue weighted by Crippen LogP contribution is -2.53. The maximum atomic E-state index is 14.2. The predicted molar refractivity (Wildman–Crippen MR) is 364 cm³/mol. The molecule has 8 fully saturated rings. The predicted octanol–water partition coefficient (Wildman–Crippen LogP) is 8.70. The van der Waals surface area contributed by atoms with Gasteiger partial charge in [-0.05, 0) is 208 Å². The minimum Gasteiger partial charge on any atom is -0.450 e. The summed E-state index contributed by atoms with van der Waals surface area (Å²) in [7, 11) is 5.10. The molecule has 2 aliphatic carbocycles. The van der Waals surface area contributed by atoms with Gasteiger partial charge in [-0.2, -0.15) is 0 Å². The number of methoxy groups -OCH3 is 1. The highest BCUT2D eigenvalue weighted by molar-refractivity contribution is 6.03. The van der Waals surface area contributed by atoms with E-state index in [0.717, 1.165) is 190 Å². The fraction of sp³-hybridized carbons (Fsp3) is 0.662. The van der Waals surface area contributed by atoms with Gasteiger partial charge in [0, 0.05) is 157 Å². The highest BCUT2D eigenvalue weighted by atomic mass is 19.1. The summed E-state index contributed by atoms with van der Waals surface area (Å²) in [4.78, 5) is 107. The number of hydrogen-bond donors (Lipinski definition) is 1. The molecule has 3 aromatic carbocycles. The van der Waals surface area contributed by atoms with Crippen LogP contribution in [0.15, 0.2) is 60.7 Å². The fourth-order valence-electron chi connectivity index (χ4n) is 17.9. The van der Waals surface area contributed by atoms with E-state index < -0.39 is 5.60 Å². The van der Waals surface area contributed by atoms with Crippen molar-refractivity contribution in [2.45, 2.75) is 169 Å². The number of anilines is 3. The molecule has 528 valence electrons. The van der Waals surface area contributed by atoms with Gasteiger partial charge < -0.3 is 63.4 Å². The van der Waals surface area contributed by atoms with E-state index in [1.54, 1.807) is 67.1 Å². The second kappa shape index (κ2) is 29.6. The molecule has 7 amide bonds. The second-order valence-corrected chi connectivity index (χ2v) is 29.7. The molecule has 21 nitrogen and oxygen atoms in total. The van der Waals surface area contributed by atoms with Crippen molar-refractivity contribution in [2.75, 3.05) is 154 Å². The Balaban J connectivity index is 0.000000139. The molecule has 0 radical (unpaired) electrons. The van der Waals surface area contributed by atoms with Gasteiger partial charge in [0.25, 0.3) is 5.91 Å². The summed E-state index contributed by atoms with van der Waals surface area (Å²) in [5.74, 6) is -0.303. The summed E-state index contributed by atoms with van der Waals surface area (Å²) >= 11 is 0. The molecule has 14 rings (SSSR count). The standard InChI is InChI=1S/C27H37FN4O3.C24H32FN3O4.C23H33N3O4/c1-29(2)26(35)32-18-27(22-17-20(28)6-7-23(22)32)10-14-30(15-11-27)21-8-12-31(13-9-21)25(34)16-19-4-3-5-24(19)33;1-2-32-22(30)27-11-5-18(6-12-27)26-13-9-23(10-14-26)16-28(21(29)24(31)7-8-24)20-4-3-17(25)15-19(20)23;1-18(27)26-17-23(20-5-3-4-6-21(20)26)9-13-24(14-10-23)19-7-11-25(12-8-19)22(28)30-16-15-29-2/h6-7,17,19,21H,3-5,8-16,18H2,1-2H3;3-4,15,18,31H,2,5-14,16H2,1H3;3-6,19H,7-17H2,1-2H3. The van der Waals surface area contributed by atoms with Crippen LogP contribution in [0.3, 0.4) is 0 Å². The summed E-state index contributed by atoms with van der Waals surface area (Å²) < 4.78 is 43.7. The first kappa shape index (κ1) is 70.1. The summed E-state index contributed by atoms with van der Waals surface area (Å²) in [6, 6.07) is 19.3. The van der Waals surface area contributed by atoms with Crippen LogP contribution >= 0.6 is 0 Å². The number of nitrogens with zero attached hydrogens (tertiary/aromatic N) is 10. The summed E-state index contributed by atoms with van der Waals surface area (Å²) in [6.07, 6.45) is 14.7. The Bertz CT molecular complexity index is 3360. The lowest BCUT2D eigenvalue weighted by Gasteiger charge is -2.45. The number of amides is 7. The van der Waals surface area contributed by atoms with E-state index in [-0.39, 0.29) is 75.5 Å². The van der Waals surface area contributed by atoms with Gasteiger partial charge in [0.05, 0.1) is 13.2 Å². The lowest BCUT2D eigenvalue weighted by atomic mass is 9.74. The molecule has 97 heavy (non-hydrogen) atoms. The van der Waals surface area contributed by atoms with Crippen LogP contribution in [0.5, 0.6) is 0 Å². The molecule has 1 N–H and O–H groups in total. The number of rotatable bonds is 10. The molecule has 0 bridgehead atoms. The number of likely N-dealkylation sites (tertiary alicyclic amines) is 6. The van der Waals surface area contributed by atoms with E-state index in [2.05, 4.69) is 32.9 Å². The van der Waals surface area contributed by atoms with Crippen LogP contribution in [0.1, 0.15) is 146 Å². The van der Waals surface area contributed by atoms with Gasteiger partial charge in [-0.15, -0.1) is 0 Å². The van der Waals surface area contributed by atoms with Crippen molar-refractivity contribution in [2.24, 2.45) is 5.92 Å². The number of hydrogen-bond acceptors (Lipinski definition) is 14. The number of piperidine rings is 6. The summed E-state index contributed by atoms with van der Waals surface area (Å²) in [6.45, 7) is 16.6. The van der Waals surface area contributed by atoms with Crippen molar-refractivity contribution >= 4 is 58.8 Å². The number of carbonyl (C=O) groups excluding carboxylic acids is 7. The number of carbonyl (C=O) groups is 7. The first-order chi connectivity index (χ1) is 46.7. The zero-order valence-corrected chi connectivity index (χ0v) is 57.8. The normalized spacial score (nSPS) is 23.7.